The van der Waals surface area contributed by atoms with Crippen molar-refractivity contribution in [3.05, 3.63) is 30.3 Å². The molecule has 1 aromatic rings. The lowest BCUT2D eigenvalue weighted by Gasteiger charge is -2.34. The molecule has 2 rings (SSSR count). The summed E-state index contributed by atoms with van der Waals surface area (Å²) in [6.45, 7) is 5.76. The van der Waals surface area contributed by atoms with Crippen molar-refractivity contribution in [2.75, 3.05) is 51.4 Å². The molecule has 0 saturated carbocycles. The zero-order chi connectivity index (χ0) is 19.5. The van der Waals surface area contributed by atoms with Gasteiger partial charge in [-0.3, -0.25) is 4.99 Å². The molecular weight excluding hydrogens is 493 g/mol. The molecule has 0 spiro atoms. The topological polar surface area (TPSA) is 80.2 Å². The van der Waals surface area contributed by atoms with E-state index in [4.69, 9.17) is 9.47 Å². The maximum absolute atomic E-state index is 11.1. The zero-order valence-corrected chi connectivity index (χ0v) is 19.8. The number of hydrogen-bond acceptors (Lipinski definition) is 5. The van der Waals surface area contributed by atoms with E-state index in [1.807, 2.05) is 37.3 Å². The van der Waals surface area contributed by atoms with Gasteiger partial charge in [0.25, 0.3) is 0 Å². The van der Waals surface area contributed by atoms with Gasteiger partial charge in [-0.15, -0.1) is 24.0 Å². The molecule has 7 nitrogen and oxygen atoms in total. The Morgan fingerprint density at radius 1 is 1.21 bits per heavy atom. The van der Waals surface area contributed by atoms with Gasteiger partial charge in [0.2, 0.25) is 0 Å². The highest BCUT2D eigenvalue weighted by Gasteiger charge is 2.22. The maximum atomic E-state index is 11.1. The lowest BCUT2D eigenvalue weighted by atomic mass is 10.1. The number of para-hydroxylation sites is 1. The Kier molecular flexibility index (Phi) is 11.8. The number of benzene rings is 1. The third-order valence-electron chi connectivity index (χ3n) is 4.22. The first-order valence-corrected chi connectivity index (χ1v) is 11.5. The highest BCUT2D eigenvalue weighted by atomic mass is 127. The summed E-state index contributed by atoms with van der Waals surface area (Å²) in [7, 11) is -2.97. The van der Waals surface area contributed by atoms with E-state index in [2.05, 4.69) is 15.2 Å². The Labute approximate surface area is 185 Å². The average Bonchev–Trinajstić information content (AvgIpc) is 2.64. The number of piperidine rings is 1. The molecule has 9 heteroatoms. The number of nitrogens with one attached hydrogen (secondary N) is 1. The molecule has 1 aliphatic heterocycles. The average molecular weight is 525 g/mol. The Morgan fingerprint density at radius 2 is 1.89 bits per heavy atom. The number of hydrogen-bond donors (Lipinski definition) is 1. The van der Waals surface area contributed by atoms with Crippen LogP contribution in [0.25, 0.3) is 0 Å². The van der Waals surface area contributed by atoms with E-state index < -0.39 is 9.84 Å². The van der Waals surface area contributed by atoms with Crippen LogP contribution in [-0.4, -0.2) is 76.8 Å². The molecule has 1 heterocycles. The number of sulfone groups is 1. The van der Waals surface area contributed by atoms with Gasteiger partial charge in [-0.1, -0.05) is 18.2 Å². The Balaban J connectivity index is 0.00000392. The van der Waals surface area contributed by atoms with E-state index in [9.17, 15) is 8.42 Å². The van der Waals surface area contributed by atoms with Gasteiger partial charge in [-0.05, 0) is 19.1 Å². The standard InChI is InChI=1S/C19H31N3O4S.HI/c1-3-20-19(21-11-14-25-15-16-27(2,23)24)22-12-9-18(10-13-22)26-17-7-5-4-6-8-17;/h4-8,18H,3,9-16H2,1-2H3,(H,20,21);1H. The summed E-state index contributed by atoms with van der Waals surface area (Å²) in [6.07, 6.45) is 3.34. The van der Waals surface area contributed by atoms with E-state index in [0.717, 1.165) is 44.2 Å². The van der Waals surface area contributed by atoms with Crippen molar-refractivity contribution in [3.8, 4) is 5.75 Å². The quantitative estimate of drug-likeness (QED) is 0.231. The summed E-state index contributed by atoms with van der Waals surface area (Å²) in [5.74, 6) is 1.84. The summed E-state index contributed by atoms with van der Waals surface area (Å²) < 4.78 is 33.5. The van der Waals surface area contributed by atoms with Crippen LogP contribution >= 0.6 is 24.0 Å². The molecule has 0 radical (unpaired) electrons. The second kappa shape index (κ2) is 13.2. The van der Waals surface area contributed by atoms with Crippen molar-refractivity contribution >= 4 is 39.8 Å². The lowest BCUT2D eigenvalue weighted by Crippen LogP contribution is -2.47. The minimum Gasteiger partial charge on any atom is -0.490 e. The summed E-state index contributed by atoms with van der Waals surface area (Å²) >= 11 is 0. The first kappa shape index (κ1) is 25.0. The third kappa shape index (κ3) is 9.92. The maximum Gasteiger partial charge on any atom is 0.193 e. The van der Waals surface area contributed by atoms with Crippen LogP contribution in [0.5, 0.6) is 5.75 Å². The van der Waals surface area contributed by atoms with E-state index in [0.29, 0.717) is 13.2 Å². The number of rotatable bonds is 9. The fourth-order valence-electron chi connectivity index (χ4n) is 2.83. The third-order valence-corrected chi connectivity index (χ3v) is 5.13. The smallest absolute Gasteiger partial charge is 0.193 e. The molecule has 1 N–H and O–H groups in total. The van der Waals surface area contributed by atoms with E-state index in [1.54, 1.807) is 0 Å². The molecule has 1 aromatic carbocycles. The fourth-order valence-corrected chi connectivity index (χ4v) is 3.25. The minimum atomic E-state index is -2.97. The molecule has 1 aliphatic rings. The lowest BCUT2D eigenvalue weighted by molar-refractivity contribution is 0.129. The predicted octanol–water partition coefficient (Wildman–Crippen LogP) is 2.17. The van der Waals surface area contributed by atoms with Gasteiger partial charge in [0.05, 0.1) is 25.5 Å². The normalized spacial score (nSPS) is 15.8. The molecule has 28 heavy (non-hydrogen) atoms. The molecular formula is C19H32IN3O4S. The Bertz CT molecular complexity index is 678. The fraction of sp³-hybridized carbons (Fsp3) is 0.632. The molecule has 1 saturated heterocycles. The van der Waals surface area contributed by atoms with Crippen molar-refractivity contribution in [1.82, 2.24) is 10.2 Å². The van der Waals surface area contributed by atoms with Gasteiger partial charge in [-0.25, -0.2) is 8.42 Å². The monoisotopic (exact) mass is 525 g/mol. The van der Waals surface area contributed by atoms with Crippen LogP contribution in [0.1, 0.15) is 19.8 Å². The van der Waals surface area contributed by atoms with Gasteiger partial charge in [0, 0.05) is 38.7 Å². The van der Waals surface area contributed by atoms with Crippen molar-refractivity contribution in [2.24, 2.45) is 4.99 Å². The van der Waals surface area contributed by atoms with E-state index >= 15 is 0 Å². The first-order valence-electron chi connectivity index (χ1n) is 9.48. The highest BCUT2D eigenvalue weighted by molar-refractivity contribution is 14.0. The highest BCUT2D eigenvalue weighted by Crippen LogP contribution is 2.18. The second-order valence-electron chi connectivity index (χ2n) is 6.60. The molecule has 0 amide bonds. The van der Waals surface area contributed by atoms with E-state index in [1.165, 1.54) is 6.26 Å². The number of ether oxygens (including phenoxy) is 2. The molecule has 160 valence electrons. The van der Waals surface area contributed by atoms with Crippen molar-refractivity contribution < 1.29 is 17.9 Å². The molecule has 0 bridgehead atoms. The number of likely N-dealkylation sites (tertiary alicyclic amines) is 1. The van der Waals surface area contributed by atoms with Gasteiger partial charge in [0.1, 0.15) is 21.7 Å². The van der Waals surface area contributed by atoms with Crippen LogP contribution in [0, 0.1) is 0 Å². The molecule has 0 aromatic heterocycles. The van der Waals surface area contributed by atoms with Gasteiger partial charge >= 0.3 is 0 Å². The predicted molar refractivity (Wildman–Crippen MR) is 124 cm³/mol. The van der Waals surface area contributed by atoms with Crippen molar-refractivity contribution in [1.29, 1.82) is 0 Å². The largest absolute Gasteiger partial charge is 0.490 e. The van der Waals surface area contributed by atoms with Gasteiger partial charge in [-0.2, -0.15) is 0 Å². The van der Waals surface area contributed by atoms with Crippen molar-refractivity contribution in [3.63, 3.8) is 0 Å². The van der Waals surface area contributed by atoms with Crippen LogP contribution < -0.4 is 10.1 Å². The van der Waals surface area contributed by atoms with Crippen LogP contribution in [0.4, 0.5) is 0 Å². The summed E-state index contributed by atoms with van der Waals surface area (Å²) in [6, 6.07) is 9.93. The van der Waals surface area contributed by atoms with Gasteiger partial charge < -0.3 is 19.7 Å². The van der Waals surface area contributed by atoms with Crippen LogP contribution in [0.15, 0.2) is 35.3 Å². The molecule has 0 aliphatic carbocycles. The molecule has 0 unspecified atom stereocenters. The first-order chi connectivity index (χ1) is 13.0. The van der Waals surface area contributed by atoms with Crippen LogP contribution in [0.2, 0.25) is 0 Å². The minimum absolute atomic E-state index is 0. The molecule has 0 atom stereocenters. The molecule has 1 fully saturated rings. The van der Waals surface area contributed by atoms with Gasteiger partial charge in [0.15, 0.2) is 5.96 Å². The van der Waals surface area contributed by atoms with Crippen LogP contribution in [-0.2, 0) is 14.6 Å². The number of guanidine groups is 1. The van der Waals surface area contributed by atoms with Crippen molar-refractivity contribution in [2.45, 2.75) is 25.9 Å². The number of nitrogens with zero attached hydrogens (tertiary/aromatic N) is 2. The number of aliphatic imine (C=N–C) groups is 1. The summed E-state index contributed by atoms with van der Waals surface area (Å²) in [4.78, 5) is 6.84. The number of halogens is 1. The Hall–Kier alpha value is -1.07. The second-order valence-corrected chi connectivity index (χ2v) is 8.85. The Morgan fingerprint density at radius 3 is 2.50 bits per heavy atom. The SMILES string of the molecule is CCNC(=NCCOCCS(C)(=O)=O)N1CCC(Oc2ccccc2)CC1.I. The summed E-state index contributed by atoms with van der Waals surface area (Å²) in [5.41, 5.74) is 0. The van der Waals surface area contributed by atoms with E-state index in [-0.39, 0.29) is 42.4 Å². The zero-order valence-electron chi connectivity index (χ0n) is 16.7. The summed E-state index contributed by atoms with van der Waals surface area (Å²) in [5, 5.41) is 3.32. The van der Waals surface area contributed by atoms with Crippen LogP contribution in [0.3, 0.4) is 0 Å².